The molecule has 0 fully saturated rings. The van der Waals surface area contributed by atoms with E-state index < -0.39 is 11.7 Å². The van der Waals surface area contributed by atoms with Crippen molar-refractivity contribution in [3.63, 3.8) is 0 Å². The van der Waals surface area contributed by atoms with Gasteiger partial charge in [-0.05, 0) is 36.8 Å². The van der Waals surface area contributed by atoms with Gasteiger partial charge in [-0.1, -0.05) is 6.07 Å². The maximum Gasteiger partial charge on any atom is 0.248 e. The topological polar surface area (TPSA) is 68.0 Å². The first-order chi connectivity index (χ1) is 9.06. The second-order valence-electron chi connectivity index (χ2n) is 4.24. The molecule has 2 aromatic rings. The molecule has 0 aliphatic heterocycles. The number of nitrogens with one attached hydrogen (secondary N) is 1. The first-order valence-corrected chi connectivity index (χ1v) is 5.81. The number of carbonyl (C=O) groups is 1. The van der Waals surface area contributed by atoms with E-state index in [0.29, 0.717) is 6.54 Å². The summed E-state index contributed by atoms with van der Waals surface area (Å²) in [6.45, 7) is 2.32. The molecule has 19 heavy (non-hydrogen) atoms. The lowest BCUT2D eigenvalue weighted by molar-refractivity contribution is 0.100. The van der Waals surface area contributed by atoms with Crippen LogP contribution in [0.1, 0.15) is 21.6 Å². The Morgan fingerprint density at radius 2 is 2.16 bits per heavy atom. The quantitative estimate of drug-likeness (QED) is 0.884. The zero-order valence-electron chi connectivity index (χ0n) is 10.5. The second-order valence-corrected chi connectivity index (χ2v) is 4.24. The minimum absolute atomic E-state index is 0.235. The van der Waals surface area contributed by atoms with E-state index in [-0.39, 0.29) is 11.3 Å². The standard InChI is InChI=1S/C14H14FN3O/c1-9-2-4-11(17-7-9)8-18-13-6-10(14(16)19)3-5-12(13)15/h2-7,18H,8H2,1H3,(H2,16,19). The fourth-order valence-electron chi connectivity index (χ4n) is 1.60. The van der Waals surface area contributed by atoms with Crippen LogP contribution in [0, 0.1) is 12.7 Å². The number of aromatic nitrogens is 1. The van der Waals surface area contributed by atoms with Gasteiger partial charge in [-0.3, -0.25) is 9.78 Å². The van der Waals surface area contributed by atoms with Crippen LogP contribution in [0.3, 0.4) is 0 Å². The van der Waals surface area contributed by atoms with E-state index >= 15 is 0 Å². The molecule has 1 aromatic heterocycles. The van der Waals surface area contributed by atoms with Crippen LogP contribution < -0.4 is 11.1 Å². The maximum atomic E-state index is 13.6. The highest BCUT2D eigenvalue weighted by molar-refractivity contribution is 5.93. The van der Waals surface area contributed by atoms with E-state index in [1.165, 1.54) is 18.2 Å². The first kappa shape index (κ1) is 13.0. The minimum atomic E-state index is -0.587. The molecule has 1 amide bonds. The molecule has 0 saturated carbocycles. The number of anilines is 1. The summed E-state index contributed by atoms with van der Waals surface area (Å²) in [6.07, 6.45) is 1.74. The van der Waals surface area contributed by atoms with Gasteiger partial charge in [0.1, 0.15) is 5.82 Å². The van der Waals surface area contributed by atoms with E-state index in [1.54, 1.807) is 6.20 Å². The highest BCUT2D eigenvalue weighted by Gasteiger charge is 2.07. The van der Waals surface area contributed by atoms with Gasteiger partial charge in [-0.2, -0.15) is 0 Å². The fourth-order valence-corrected chi connectivity index (χ4v) is 1.60. The molecule has 0 atom stereocenters. The first-order valence-electron chi connectivity index (χ1n) is 5.81. The second kappa shape index (κ2) is 5.48. The van der Waals surface area contributed by atoms with E-state index in [9.17, 15) is 9.18 Å². The van der Waals surface area contributed by atoms with Gasteiger partial charge in [0.15, 0.2) is 0 Å². The number of amides is 1. The number of nitrogens with zero attached hydrogens (tertiary/aromatic N) is 1. The molecule has 2 rings (SSSR count). The molecule has 0 bridgehead atoms. The monoisotopic (exact) mass is 259 g/mol. The smallest absolute Gasteiger partial charge is 0.248 e. The summed E-state index contributed by atoms with van der Waals surface area (Å²) >= 11 is 0. The highest BCUT2D eigenvalue weighted by atomic mass is 19.1. The van der Waals surface area contributed by atoms with Crippen LogP contribution in [0.15, 0.2) is 36.5 Å². The molecular weight excluding hydrogens is 245 g/mol. The number of primary amides is 1. The summed E-state index contributed by atoms with van der Waals surface area (Å²) in [5, 5.41) is 2.90. The van der Waals surface area contributed by atoms with Crippen molar-refractivity contribution in [1.29, 1.82) is 0 Å². The molecule has 1 heterocycles. The predicted octanol–water partition coefficient (Wildman–Crippen LogP) is 2.24. The molecule has 0 aliphatic rings. The lowest BCUT2D eigenvalue weighted by Crippen LogP contribution is -2.12. The number of hydrogen-bond donors (Lipinski definition) is 2. The molecule has 0 saturated heterocycles. The number of nitrogens with two attached hydrogens (primary N) is 1. The van der Waals surface area contributed by atoms with Gasteiger partial charge in [0, 0.05) is 11.8 Å². The number of rotatable bonds is 4. The van der Waals surface area contributed by atoms with E-state index in [1.807, 2.05) is 19.1 Å². The van der Waals surface area contributed by atoms with Gasteiger partial charge in [0.05, 0.1) is 17.9 Å². The maximum absolute atomic E-state index is 13.6. The number of benzene rings is 1. The number of halogens is 1. The Morgan fingerprint density at radius 1 is 1.37 bits per heavy atom. The van der Waals surface area contributed by atoms with E-state index in [0.717, 1.165) is 11.3 Å². The number of pyridine rings is 1. The van der Waals surface area contributed by atoms with Crippen molar-refractivity contribution in [3.8, 4) is 0 Å². The van der Waals surface area contributed by atoms with Gasteiger partial charge in [-0.15, -0.1) is 0 Å². The third-order valence-electron chi connectivity index (χ3n) is 2.68. The average Bonchev–Trinajstić information content (AvgIpc) is 2.39. The molecule has 0 unspecified atom stereocenters. The van der Waals surface area contributed by atoms with Crippen molar-refractivity contribution < 1.29 is 9.18 Å². The van der Waals surface area contributed by atoms with Crippen molar-refractivity contribution in [3.05, 3.63) is 59.2 Å². The van der Waals surface area contributed by atoms with Gasteiger partial charge in [-0.25, -0.2) is 4.39 Å². The zero-order valence-corrected chi connectivity index (χ0v) is 10.5. The van der Waals surface area contributed by atoms with E-state index in [4.69, 9.17) is 5.73 Å². The van der Waals surface area contributed by atoms with Gasteiger partial charge < -0.3 is 11.1 Å². The number of aryl methyl sites for hydroxylation is 1. The molecule has 0 spiro atoms. The SMILES string of the molecule is Cc1ccc(CNc2cc(C(N)=O)ccc2F)nc1. The number of hydrogen-bond acceptors (Lipinski definition) is 3. The van der Waals surface area contributed by atoms with Crippen molar-refractivity contribution in [2.24, 2.45) is 5.73 Å². The van der Waals surface area contributed by atoms with Crippen molar-refractivity contribution >= 4 is 11.6 Å². The molecule has 4 nitrogen and oxygen atoms in total. The molecule has 5 heteroatoms. The Hall–Kier alpha value is -2.43. The molecule has 3 N–H and O–H groups in total. The summed E-state index contributed by atoms with van der Waals surface area (Å²) in [6, 6.07) is 7.75. The van der Waals surface area contributed by atoms with Gasteiger partial charge in [0.25, 0.3) is 0 Å². The van der Waals surface area contributed by atoms with Crippen LogP contribution in [0.2, 0.25) is 0 Å². The Kier molecular flexibility index (Phi) is 3.75. The summed E-state index contributed by atoms with van der Waals surface area (Å²) in [7, 11) is 0. The third-order valence-corrected chi connectivity index (χ3v) is 2.68. The van der Waals surface area contributed by atoms with Crippen LogP contribution >= 0.6 is 0 Å². The summed E-state index contributed by atoms with van der Waals surface area (Å²) in [5.74, 6) is -1.02. The minimum Gasteiger partial charge on any atom is -0.377 e. The Bertz CT molecular complexity index is 596. The summed E-state index contributed by atoms with van der Waals surface area (Å²) in [5.41, 5.74) is 7.50. The van der Waals surface area contributed by atoms with Gasteiger partial charge in [0.2, 0.25) is 5.91 Å². The van der Waals surface area contributed by atoms with Crippen LogP contribution in [0.4, 0.5) is 10.1 Å². The normalized spacial score (nSPS) is 10.2. The largest absolute Gasteiger partial charge is 0.377 e. The third kappa shape index (κ3) is 3.28. The Morgan fingerprint density at radius 3 is 2.79 bits per heavy atom. The van der Waals surface area contributed by atoms with Crippen LogP contribution in [-0.2, 0) is 6.54 Å². The van der Waals surface area contributed by atoms with Crippen molar-refractivity contribution in [2.75, 3.05) is 5.32 Å². The lowest BCUT2D eigenvalue weighted by Gasteiger charge is -2.08. The van der Waals surface area contributed by atoms with Crippen LogP contribution in [0.5, 0.6) is 0 Å². The zero-order chi connectivity index (χ0) is 13.8. The summed E-state index contributed by atoms with van der Waals surface area (Å²) in [4.78, 5) is 15.2. The fraction of sp³-hybridized carbons (Fsp3) is 0.143. The predicted molar refractivity (Wildman–Crippen MR) is 71.2 cm³/mol. The van der Waals surface area contributed by atoms with Crippen molar-refractivity contribution in [1.82, 2.24) is 4.98 Å². The lowest BCUT2D eigenvalue weighted by atomic mass is 10.2. The van der Waals surface area contributed by atoms with Crippen molar-refractivity contribution in [2.45, 2.75) is 13.5 Å². The van der Waals surface area contributed by atoms with Crippen LogP contribution in [-0.4, -0.2) is 10.9 Å². The Labute approximate surface area is 110 Å². The highest BCUT2D eigenvalue weighted by Crippen LogP contribution is 2.16. The molecule has 98 valence electrons. The number of carbonyl (C=O) groups excluding carboxylic acids is 1. The Balaban J connectivity index is 2.12. The molecule has 0 radical (unpaired) electrons. The molecular formula is C14H14FN3O. The van der Waals surface area contributed by atoms with E-state index in [2.05, 4.69) is 10.3 Å². The molecule has 1 aromatic carbocycles. The average molecular weight is 259 g/mol. The van der Waals surface area contributed by atoms with Crippen LogP contribution in [0.25, 0.3) is 0 Å². The molecule has 0 aliphatic carbocycles. The summed E-state index contributed by atoms with van der Waals surface area (Å²) < 4.78 is 13.6. The van der Waals surface area contributed by atoms with Gasteiger partial charge >= 0.3 is 0 Å².